The van der Waals surface area contributed by atoms with Gasteiger partial charge in [0.25, 0.3) is 0 Å². The van der Waals surface area contributed by atoms with Crippen molar-refractivity contribution in [2.75, 3.05) is 13.2 Å². The monoisotopic (exact) mass is 598 g/mol. The van der Waals surface area contributed by atoms with Crippen molar-refractivity contribution >= 4 is 0 Å². The van der Waals surface area contributed by atoms with Gasteiger partial charge in [0.2, 0.25) is 0 Å². The minimum absolute atomic E-state index is 0.0540. The second kappa shape index (κ2) is 11.9. The summed E-state index contributed by atoms with van der Waals surface area (Å²) in [5.74, 6) is -0.645. The van der Waals surface area contributed by atoms with E-state index in [2.05, 4.69) is 20.8 Å². The Morgan fingerprint density at radius 1 is 0.952 bits per heavy atom. The minimum Gasteiger partial charge on any atom is -0.396 e. The normalized spacial score (nSPS) is 52.1. The van der Waals surface area contributed by atoms with E-state index in [0.717, 1.165) is 31.3 Å². The van der Waals surface area contributed by atoms with E-state index in [1.165, 1.54) is 0 Å². The van der Waals surface area contributed by atoms with Gasteiger partial charge >= 0.3 is 0 Å². The number of fused-ring (bicyclic) bond motifs is 5. The van der Waals surface area contributed by atoms with E-state index in [0.29, 0.717) is 19.3 Å². The Bertz CT molecular complexity index is 992. The average molecular weight is 599 g/mol. The van der Waals surface area contributed by atoms with Crippen LogP contribution in [0.5, 0.6) is 0 Å². The Morgan fingerprint density at radius 3 is 2.36 bits per heavy atom. The zero-order valence-electron chi connectivity index (χ0n) is 25.5. The smallest absolute Gasteiger partial charge is 0.186 e. The van der Waals surface area contributed by atoms with Gasteiger partial charge in [0.1, 0.15) is 18.3 Å². The highest BCUT2D eigenvalue weighted by Crippen LogP contribution is 2.69. The quantitative estimate of drug-likeness (QED) is 0.187. The van der Waals surface area contributed by atoms with Crippen LogP contribution >= 0.6 is 0 Å². The first kappa shape index (κ1) is 32.7. The molecule has 1 aliphatic heterocycles. The van der Waals surface area contributed by atoms with Gasteiger partial charge in [-0.1, -0.05) is 46.6 Å². The third-order valence-corrected chi connectivity index (χ3v) is 12.3. The maximum atomic E-state index is 12.6. The average Bonchev–Trinajstić information content (AvgIpc) is 3.14. The van der Waals surface area contributed by atoms with E-state index in [4.69, 9.17) is 9.47 Å². The number of hydrogen-bond acceptors (Lipinski definition) is 10. The Hall–Kier alpha value is -0.660. The summed E-state index contributed by atoms with van der Waals surface area (Å²) in [5.41, 5.74) is -1.64. The van der Waals surface area contributed by atoms with Crippen molar-refractivity contribution in [3.8, 4) is 0 Å². The lowest BCUT2D eigenvalue weighted by atomic mass is 9.43. The molecule has 1 saturated heterocycles. The van der Waals surface area contributed by atoms with Crippen molar-refractivity contribution in [3.05, 3.63) is 11.6 Å². The number of hydrogen-bond donors (Lipinski definition) is 8. The maximum absolute atomic E-state index is 12.6. The van der Waals surface area contributed by atoms with Crippen molar-refractivity contribution < 1.29 is 50.3 Å². The van der Waals surface area contributed by atoms with Crippen molar-refractivity contribution in [2.24, 2.45) is 40.4 Å². The molecule has 10 nitrogen and oxygen atoms in total. The molecule has 0 aromatic carbocycles. The molecule has 5 rings (SSSR count). The molecule has 4 aliphatic carbocycles. The lowest BCUT2D eigenvalue weighted by Crippen LogP contribution is -2.66. The summed E-state index contributed by atoms with van der Waals surface area (Å²) in [6.45, 7) is 8.32. The van der Waals surface area contributed by atoms with Crippen molar-refractivity contribution in [2.45, 2.75) is 134 Å². The lowest BCUT2D eigenvalue weighted by Gasteiger charge is -2.64. The molecule has 1 heterocycles. The fraction of sp³-hybridized carbons (Fsp3) is 0.938. The fourth-order valence-corrected chi connectivity index (χ4v) is 10.2. The molecule has 16 atom stereocenters. The minimum atomic E-state index is -1.40. The van der Waals surface area contributed by atoms with Gasteiger partial charge in [-0.25, -0.2) is 0 Å². The van der Waals surface area contributed by atoms with Crippen LogP contribution in [0, 0.1) is 40.4 Å². The highest BCUT2D eigenvalue weighted by atomic mass is 16.7. The van der Waals surface area contributed by atoms with Gasteiger partial charge in [0.15, 0.2) is 6.29 Å². The van der Waals surface area contributed by atoms with Gasteiger partial charge in [0.05, 0.1) is 36.6 Å². The second-order valence-corrected chi connectivity index (χ2v) is 15.0. The van der Waals surface area contributed by atoms with E-state index < -0.39 is 71.4 Å². The third kappa shape index (κ3) is 5.21. The summed E-state index contributed by atoms with van der Waals surface area (Å²) >= 11 is 0. The van der Waals surface area contributed by atoms with Crippen LogP contribution in [0.15, 0.2) is 11.6 Å². The molecule has 3 unspecified atom stereocenters. The van der Waals surface area contributed by atoms with Crippen LogP contribution in [0.4, 0.5) is 0 Å². The summed E-state index contributed by atoms with van der Waals surface area (Å²) in [6.07, 6.45) is -1.38. The zero-order valence-corrected chi connectivity index (χ0v) is 25.5. The zero-order chi connectivity index (χ0) is 30.8. The molecule has 4 fully saturated rings. The van der Waals surface area contributed by atoms with Crippen molar-refractivity contribution in [1.29, 1.82) is 0 Å². The Morgan fingerprint density at radius 2 is 1.67 bits per heavy atom. The lowest BCUT2D eigenvalue weighted by molar-refractivity contribution is -0.280. The Balaban J connectivity index is 1.36. The standard InChI is InChI=1S/C32H54O10/c1-16(14-33)6-5-7-17(2)23-25(37)26(38)28-31(23,4)11-9-22-30(3)10-8-18(12-19(30)20(34)13-32(22,28)40)42-29-27(39)24(36)21(35)15-41-29/h12,16-18,20-29,33-40H,5-11,13-15H2,1-4H3/t16?,17-,18+,20-,21-,22?,23+,24+,25-,26+,27-,28?,29+,30+,31-,32+/m1/s1. The number of ether oxygens (including phenoxy) is 2. The second-order valence-electron chi connectivity index (χ2n) is 15.0. The van der Waals surface area contributed by atoms with Gasteiger partial charge in [-0.15, -0.1) is 0 Å². The van der Waals surface area contributed by atoms with Crippen LogP contribution in [-0.4, -0.2) is 109 Å². The van der Waals surface area contributed by atoms with Crippen molar-refractivity contribution in [3.63, 3.8) is 0 Å². The van der Waals surface area contributed by atoms with Crippen LogP contribution in [0.3, 0.4) is 0 Å². The first-order valence-electron chi connectivity index (χ1n) is 16.1. The SMILES string of the molecule is CC(CO)CCC[C@@H](C)[C@H]1[C@@H](O)[C@H](O)C2[C@]3(O)C[C@@H](O)C4=C[C@@H](O[C@@H]5OC[C@@H](O)[C@H](O)[C@H]5O)CC[C@]4(C)C3CC[C@@]21C. The van der Waals surface area contributed by atoms with E-state index in [1.54, 1.807) is 0 Å². The molecular formula is C32H54O10. The van der Waals surface area contributed by atoms with E-state index in [1.807, 2.05) is 13.0 Å². The Labute approximate surface area is 249 Å². The van der Waals surface area contributed by atoms with Gasteiger partial charge in [-0.2, -0.15) is 0 Å². The topological polar surface area (TPSA) is 180 Å². The van der Waals surface area contributed by atoms with Crippen LogP contribution in [-0.2, 0) is 9.47 Å². The van der Waals surface area contributed by atoms with Gasteiger partial charge in [-0.3, -0.25) is 0 Å². The summed E-state index contributed by atoms with van der Waals surface area (Å²) in [7, 11) is 0. The predicted molar refractivity (Wildman–Crippen MR) is 153 cm³/mol. The summed E-state index contributed by atoms with van der Waals surface area (Å²) in [5, 5.41) is 86.7. The molecule has 42 heavy (non-hydrogen) atoms. The molecule has 0 aromatic heterocycles. The van der Waals surface area contributed by atoms with Crippen LogP contribution in [0.2, 0.25) is 0 Å². The molecule has 3 saturated carbocycles. The maximum Gasteiger partial charge on any atom is 0.186 e. The summed E-state index contributed by atoms with van der Waals surface area (Å²) in [6, 6.07) is 0. The molecule has 0 radical (unpaired) electrons. The van der Waals surface area contributed by atoms with Gasteiger partial charge in [-0.05, 0) is 72.2 Å². The molecule has 0 spiro atoms. The molecule has 0 bridgehead atoms. The first-order valence-corrected chi connectivity index (χ1v) is 16.1. The fourth-order valence-electron chi connectivity index (χ4n) is 10.2. The molecule has 10 heteroatoms. The number of aliphatic hydroxyl groups excluding tert-OH is 7. The first-order chi connectivity index (χ1) is 19.7. The number of aliphatic hydroxyl groups is 8. The molecule has 0 amide bonds. The molecule has 242 valence electrons. The largest absolute Gasteiger partial charge is 0.396 e. The van der Waals surface area contributed by atoms with Crippen LogP contribution < -0.4 is 0 Å². The molecule has 8 N–H and O–H groups in total. The van der Waals surface area contributed by atoms with E-state index >= 15 is 0 Å². The highest BCUT2D eigenvalue weighted by Gasteiger charge is 2.72. The van der Waals surface area contributed by atoms with Crippen molar-refractivity contribution in [1.82, 2.24) is 0 Å². The summed E-state index contributed by atoms with van der Waals surface area (Å²) < 4.78 is 11.4. The predicted octanol–water partition coefficient (Wildman–Crippen LogP) is 0.852. The summed E-state index contributed by atoms with van der Waals surface area (Å²) in [4.78, 5) is 0. The van der Waals surface area contributed by atoms with E-state index in [9.17, 15) is 40.9 Å². The highest BCUT2D eigenvalue weighted by molar-refractivity contribution is 5.33. The van der Waals surface area contributed by atoms with Gasteiger partial charge in [0, 0.05) is 18.9 Å². The molecule has 5 aliphatic rings. The van der Waals surface area contributed by atoms with E-state index in [-0.39, 0.29) is 43.3 Å². The Kier molecular flexibility index (Phi) is 9.30. The molecule has 0 aromatic rings. The van der Waals surface area contributed by atoms with Gasteiger partial charge < -0.3 is 50.3 Å². The molecular weight excluding hydrogens is 544 g/mol. The number of rotatable bonds is 8. The van der Waals surface area contributed by atoms with Crippen LogP contribution in [0.1, 0.15) is 79.1 Å². The van der Waals surface area contributed by atoms with Crippen LogP contribution in [0.25, 0.3) is 0 Å². The third-order valence-electron chi connectivity index (χ3n) is 12.3.